The van der Waals surface area contributed by atoms with Crippen molar-refractivity contribution in [2.75, 3.05) is 13.7 Å². The molecule has 0 fully saturated rings. The summed E-state index contributed by atoms with van der Waals surface area (Å²) in [4.78, 5) is 11.5. The summed E-state index contributed by atoms with van der Waals surface area (Å²) < 4.78 is 17.8. The number of benzene rings is 2. The lowest BCUT2D eigenvalue weighted by atomic mass is 10.3. The molecule has 2 aromatic rings. The maximum absolute atomic E-state index is 11.5. The quantitative estimate of drug-likeness (QED) is 0.261. The van der Waals surface area contributed by atoms with Crippen molar-refractivity contribution in [3.8, 4) is 0 Å². The van der Waals surface area contributed by atoms with Gasteiger partial charge in [-0.05, 0) is 24.2 Å². The van der Waals surface area contributed by atoms with Gasteiger partial charge in [0.05, 0.1) is 19.8 Å². The Bertz CT molecular complexity index is 789. The molecule has 0 heterocycles. The molecule has 0 saturated carbocycles. The third-order valence-corrected chi connectivity index (χ3v) is 7.65. The first-order valence-corrected chi connectivity index (χ1v) is 11.4. The van der Waals surface area contributed by atoms with Gasteiger partial charge in [-0.3, -0.25) is 0 Å². The van der Waals surface area contributed by atoms with Crippen molar-refractivity contribution >= 4 is 24.9 Å². The van der Waals surface area contributed by atoms with E-state index in [1.807, 2.05) is 98.8 Å². The molecular formula is C24H28O4Si. The second-order valence-electron chi connectivity index (χ2n) is 6.32. The minimum Gasteiger partial charge on any atom is -0.466 e. The van der Waals surface area contributed by atoms with Crippen LogP contribution in [-0.4, -0.2) is 34.4 Å². The number of rotatable bonds is 10. The van der Waals surface area contributed by atoms with Gasteiger partial charge in [-0.2, -0.15) is 0 Å². The minimum atomic E-state index is -3.03. The average Bonchev–Trinajstić information content (AvgIpc) is 2.77. The Morgan fingerprint density at radius 2 is 1.59 bits per heavy atom. The summed E-state index contributed by atoms with van der Waals surface area (Å²) >= 11 is 0. The van der Waals surface area contributed by atoms with Crippen LogP contribution in [0.3, 0.4) is 0 Å². The highest BCUT2D eigenvalue weighted by Crippen LogP contribution is 2.14. The van der Waals surface area contributed by atoms with Crippen LogP contribution in [0.1, 0.15) is 13.8 Å². The van der Waals surface area contributed by atoms with Gasteiger partial charge in [0.1, 0.15) is 0 Å². The molecule has 29 heavy (non-hydrogen) atoms. The van der Waals surface area contributed by atoms with E-state index in [1.165, 1.54) is 13.2 Å². The van der Waals surface area contributed by atoms with Crippen molar-refractivity contribution in [1.29, 1.82) is 0 Å². The second kappa shape index (κ2) is 12.0. The Morgan fingerprint density at radius 1 is 1.00 bits per heavy atom. The van der Waals surface area contributed by atoms with E-state index in [2.05, 4.69) is 4.74 Å². The summed E-state index contributed by atoms with van der Waals surface area (Å²) in [5.41, 5.74) is 0. The molecule has 0 aliphatic rings. The molecule has 0 bridgehead atoms. The fourth-order valence-corrected chi connectivity index (χ4v) is 6.01. The van der Waals surface area contributed by atoms with Gasteiger partial charge >= 0.3 is 14.5 Å². The van der Waals surface area contributed by atoms with Gasteiger partial charge in [0.15, 0.2) is 0 Å². The molecule has 152 valence electrons. The van der Waals surface area contributed by atoms with Crippen LogP contribution in [0.4, 0.5) is 0 Å². The number of hydrogen-bond acceptors (Lipinski definition) is 4. The maximum Gasteiger partial charge on any atom is 0.407 e. The van der Waals surface area contributed by atoms with E-state index in [0.29, 0.717) is 6.61 Å². The fraction of sp³-hybridized carbons (Fsp3) is 0.208. The highest BCUT2D eigenvalue weighted by atomic mass is 28.4. The number of carbonyl (C=O) groups excluding carboxylic acids is 1. The van der Waals surface area contributed by atoms with Crippen molar-refractivity contribution in [2.24, 2.45) is 0 Å². The zero-order valence-corrected chi connectivity index (χ0v) is 18.2. The summed E-state index contributed by atoms with van der Waals surface area (Å²) in [6.45, 7) is 4.27. The number of ether oxygens (including phenoxy) is 1. The average molecular weight is 409 g/mol. The summed E-state index contributed by atoms with van der Waals surface area (Å²) in [6.07, 6.45) is 10.6. The summed E-state index contributed by atoms with van der Waals surface area (Å²) in [5, 5.41) is 2.01. The smallest absolute Gasteiger partial charge is 0.407 e. The highest BCUT2D eigenvalue weighted by Gasteiger charge is 2.43. The van der Waals surface area contributed by atoms with E-state index >= 15 is 0 Å². The lowest BCUT2D eigenvalue weighted by Crippen LogP contribution is -2.64. The molecule has 2 aromatic carbocycles. The third-order valence-electron chi connectivity index (χ3n) is 4.19. The van der Waals surface area contributed by atoms with Crippen LogP contribution >= 0.6 is 0 Å². The van der Waals surface area contributed by atoms with Crippen molar-refractivity contribution in [2.45, 2.75) is 20.0 Å². The topological polar surface area (TPSA) is 44.8 Å². The van der Waals surface area contributed by atoms with Crippen molar-refractivity contribution in [1.82, 2.24) is 0 Å². The molecule has 0 aliphatic heterocycles. The molecule has 0 radical (unpaired) electrons. The lowest BCUT2D eigenvalue weighted by Gasteiger charge is -2.33. The Morgan fingerprint density at radius 3 is 2.10 bits per heavy atom. The number of allylic oxidation sites excluding steroid dienone is 3. The highest BCUT2D eigenvalue weighted by molar-refractivity contribution is 6.92. The van der Waals surface area contributed by atoms with Crippen molar-refractivity contribution in [3.63, 3.8) is 0 Å². The van der Waals surface area contributed by atoms with Gasteiger partial charge in [0.25, 0.3) is 0 Å². The van der Waals surface area contributed by atoms with Crippen molar-refractivity contribution in [3.05, 3.63) is 97.1 Å². The van der Waals surface area contributed by atoms with Gasteiger partial charge in [0, 0.05) is 6.08 Å². The van der Waals surface area contributed by atoms with E-state index < -0.39 is 14.5 Å². The second-order valence-corrected chi connectivity index (χ2v) is 9.23. The normalized spacial score (nSPS) is 13.3. The molecule has 0 N–H and O–H groups in total. The minimum absolute atomic E-state index is 0.347. The van der Waals surface area contributed by atoms with Crippen LogP contribution in [0.2, 0.25) is 0 Å². The first-order valence-electron chi connectivity index (χ1n) is 9.59. The Labute approximate surface area is 174 Å². The largest absolute Gasteiger partial charge is 0.466 e. The molecule has 0 spiro atoms. The maximum atomic E-state index is 11.5. The van der Waals surface area contributed by atoms with E-state index in [4.69, 9.17) is 8.85 Å². The summed E-state index contributed by atoms with van der Waals surface area (Å²) in [5.74, 6) is -0.414. The zero-order chi connectivity index (χ0) is 21.0. The standard InChI is InChI=1S/C24H28O4Si/c1-4-5-6-13-20-27-29(22-14-9-7-10-15-22,23-16-11-8-12-17-23)28-21(2)18-19-24(25)26-3/h4-19,21H,20H2,1-3H3/b5-4+,13-6+,19-18+/t21-/m0/s1. The SMILES string of the molecule is C/C=C/C=C/CO[Si](O[C@@H](C)/C=C/C(=O)OC)(c1ccccc1)c1ccccc1. The van der Waals surface area contributed by atoms with E-state index in [1.54, 1.807) is 6.08 Å². The molecule has 0 saturated heterocycles. The monoisotopic (exact) mass is 408 g/mol. The zero-order valence-electron chi connectivity index (χ0n) is 17.2. The van der Waals surface area contributed by atoms with Gasteiger partial charge in [-0.25, -0.2) is 4.79 Å². The van der Waals surface area contributed by atoms with Gasteiger partial charge in [0.2, 0.25) is 0 Å². The van der Waals surface area contributed by atoms with Crippen LogP contribution in [-0.2, 0) is 18.4 Å². The Kier molecular flexibility index (Phi) is 9.30. The van der Waals surface area contributed by atoms with E-state index in [-0.39, 0.29) is 6.10 Å². The molecule has 5 heteroatoms. The molecule has 0 aromatic heterocycles. The van der Waals surface area contributed by atoms with Gasteiger partial charge in [-0.15, -0.1) is 0 Å². The Balaban J connectivity index is 2.44. The van der Waals surface area contributed by atoms with Gasteiger partial charge < -0.3 is 13.6 Å². The number of esters is 1. The summed E-state index contributed by atoms with van der Waals surface area (Å²) in [6, 6.07) is 20.0. The van der Waals surface area contributed by atoms with Crippen LogP contribution in [0, 0.1) is 0 Å². The summed E-state index contributed by atoms with van der Waals surface area (Å²) in [7, 11) is -1.68. The first kappa shape index (κ1) is 22.6. The van der Waals surface area contributed by atoms with Crippen LogP contribution in [0.15, 0.2) is 97.1 Å². The third kappa shape index (κ3) is 6.68. The lowest BCUT2D eigenvalue weighted by molar-refractivity contribution is -0.134. The van der Waals surface area contributed by atoms with Gasteiger partial charge in [-0.1, -0.05) is 91.0 Å². The molecule has 0 unspecified atom stereocenters. The number of hydrogen-bond donors (Lipinski definition) is 0. The molecule has 2 rings (SSSR count). The molecule has 4 nitrogen and oxygen atoms in total. The van der Waals surface area contributed by atoms with Crippen LogP contribution < -0.4 is 10.4 Å². The predicted octanol–water partition coefficient (Wildman–Crippen LogP) is 3.53. The molecular weight excluding hydrogens is 380 g/mol. The van der Waals surface area contributed by atoms with Crippen molar-refractivity contribution < 1.29 is 18.4 Å². The number of methoxy groups -OCH3 is 1. The number of carbonyl (C=O) groups is 1. The van der Waals surface area contributed by atoms with E-state index in [0.717, 1.165) is 10.4 Å². The van der Waals surface area contributed by atoms with Crippen LogP contribution in [0.5, 0.6) is 0 Å². The Hall–Kier alpha value is -2.73. The molecule has 1 atom stereocenters. The predicted molar refractivity (Wildman–Crippen MR) is 120 cm³/mol. The molecule has 0 aliphatic carbocycles. The fourth-order valence-electron chi connectivity index (χ4n) is 2.81. The van der Waals surface area contributed by atoms with E-state index in [9.17, 15) is 4.79 Å². The molecule has 0 amide bonds. The first-order chi connectivity index (χ1) is 14.1. The van der Waals surface area contributed by atoms with Crippen LogP contribution in [0.25, 0.3) is 0 Å².